The molecule has 13 heteroatoms. The molecule has 1 fully saturated rings. The van der Waals surface area contributed by atoms with E-state index in [2.05, 4.69) is 20.9 Å². The highest BCUT2D eigenvalue weighted by Gasteiger charge is 2.32. The lowest BCUT2D eigenvalue weighted by atomic mass is 10.1. The Labute approximate surface area is 270 Å². The zero-order valence-corrected chi connectivity index (χ0v) is 26.4. The molecule has 244 valence electrons. The number of hydrogen-bond acceptors (Lipinski definition) is 8. The van der Waals surface area contributed by atoms with Crippen molar-refractivity contribution in [3.8, 4) is 11.5 Å². The number of carbonyl (C=O) groups is 4. The van der Waals surface area contributed by atoms with E-state index in [-0.39, 0.29) is 48.5 Å². The van der Waals surface area contributed by atoms with Gasteiger partial charge in [-0.25, -0.2) is 0 Å². The van der Waals surface area contributed by atoms with Gasteiger partial charge in [0, 0.05) is 56.1 Å². The van der Waals surface area contributed by atoms with E-state index in [1.807, 2.05) is 18.0 Å². The summed E-state index contributed by atoms with van der Waals surface area (Å²) in [7, 11) is 3.23. The number of aliphatic imine (C=N–C) groups is 1. The van der Waals surface area contributed by atoms with Crippen LogP contribution in [-0.4, -0.2) is 72.2 Å². The lowest BCUT2D eigenvalue weighted by Crippen LogP contribution is -2.35. The number of nitrogens with one attached hydrogen (secondary N) is 3. The van der Waals surface area contributed by atoms with E-state index in [0.717, 1.165) is 12.8 Å². The van der Waals surface area contributed by atoms with E-state index in [4.69, 9.17) is 13.9 Å². The van der Waals surface area contributed by atoms with Gasteiger partial charge < -0.3 is 39.3 Å². The molecular weight excluding hydrogens is 604 g/mol. The third kappa shape index (κ3) is 6.69. The summed E-state index contributed by atoms with van der Waals surface area (Å²) in [6, 6.07) is 11.7. The van der Waals surface area contributed by atoms with Crippen LogP contribution >= 0.6 is 0 Å². The molecule has 2 aromatic heterocycles. The predicted molar refractivity (Wildman–Crippen MR) is 176 cm³/mol. The van der Waals surface area contributed by atoms with Gasteiger partial charge in [-0.15, -0.1) is 0 Å². The summed E-state index contributed by atoms with van der Waals surface area (Å²) in [5.74, 6) is 0.107. The largest absolute Gasteiger partial charge is 0.493 e. The van der Waals surface area contributed by atoms with Gasteiger partial charge in [0.15, 0.2) is 17.3 Å². The number of benzene rings is 2. The molecule has 0 saturated carbocycles. The minimum atomic E-state index is -0.366. The topological polar surface area (TPSA) is 156 Å². The number of aromatic nitrogens is 1. The Bertz CT molecular complexity index is 1890. The first kappa shape index (κ1) is 31.4. The molecule has 2 aliphatic rings. The molecule has 0 radical (unpaired) electrons. The number of furan rings is 1. The number of methoxy groups -OCH3 is 1. The van der Waals surface area contributed by atoms with Gasteiger partial charge >= 0.3 is 0 Å². The Morgan fingerprint density at radius 2 is 1.89 bits per heavy atom. The summed E-state index contributed by atoms with van der Waals surface area (Å²) in [6.45, 7) is 3.26. The number of ether oxygens (including phenoxy) is 2. The van der Waals surface area contributed by atoms with Crippen LogP contribution in [0.4, 0.5) is 17.1 Å². The predicted octanol–water partition coefficient (Wildman–Crippen LogP) is 4.90. The fraction of sp³-hybridized carbons (Fsp3) is 0.324. The molecule has 0 spiro atoms. The second-order valence-corrected chi connectivity index (χ2v) is 11.4. The van der Waals surface area contributed by atoms with Gasteiger partial charge in [0.05, 0.1) is 36.7 Å². The van der Waals surface area contributed by atoms with Gasteiger partial charge in [0.2, 0.25) is 5.91 Å². The molecule has 4 heterocycles. The maximum Gasteiger partial charge on any atom is 0.287 e. The van der Waals surface area contributed by atoms with Crippen LogP contribution in [0.5, 0.6) is 11.5 Å². The van der Waals surface area contributed by atoms with Gasteiger partial charge in [0.1, 0.15) is 11.3 Å². The SMILES string of the molecule is CCNC(=O)c1cc2cc(NC(=O)c3cc(NC(=O)CCCOc4cc5c(cc4OC)C(=O)N4CCC[C@H]4C=N5)cn3C)ccc2o1. The van der Waals surface area contributed by atoms with E-state index in [1.165, 1.54) is 7.11 Å². The monoisotopic (exact) mass is 640 g/mol. The molecule has 13 nitrogen and oxygen atoms in total. The van der Waals surface area contributed by atoms with E-state index in [9.17, 15) is 19.2 Å². The molecule has 0 aliphatic carbocycles. The molecule has 4 aromatic rings. The summed E-state index contributed by atoms with van der Waals surface area (Å²) >= 11 is 0. The number of rotatable bonds is 11. The molecule has 0 unspecified atom stereocenters. The Morgan fingerprint density at radius 3 is 2.70 bits per heavy atom. The van der Waals surface area contributed by atoms with Crippen LogP contribution in [0.3, 0.4) is 0 Å². The summed E-state index contributed by atoms with van der Waals surface area (Å²) < 4.78 is 18.7. The molecule has 1 atom stereocenters. The minimum absolute atomic E-state index is 0.00683. The maximum absolute atomic E-state index is 13.1. The summed E-state index contributed by atoms with van der Waals surface area (Å²) in [5.41, 5.74) is 2.90. The number of anilines is 2. The number of amides is 4. The van der Waals surface area contributed by atoms with E-state index >= 15 is 0 Å². The fourth-order valence-corrected chi connectivity index (χ4v) is 5.79. The quantitative estimate of drug-likeness (QED) is 0.197. The van der Waals surface area contributed by atoms with E-state index in [1.54, 1.807) is 60.3 Å². The maximum atomic E-state index is 13.1. The van der Waals surface area contributed by atoms with Crippen LogP contribution in [-0.2, 0) is 11.8 Å². The minimum Gasteiger partial charge on any atom is -0.493 e. The number of carbonyl (C=O) groups excluding carboxylic acids is 4. The fourth-order valence-electron chi connectivity index (χ4n) is 5.79. The summed E-state index contributed by atoms with van der Waals surface area (Å²) in [4.78, 5) is 57.3. The molecular formula is C34H36N6O7. The van der Waals surface area contributed by atoms with Crippen molar-refractivity contribution in [2.75, 3.05) is 37.4 Å². The Hall–Kier alpha value is -5.59. The lowest BCUT2D eigenvalue weighted by molar-refractivity contribution is -0.116. The standard InChI is InChI=1S/C34H36N6O7/c1-4-35-33(43)30-14-20-13-21(9-10-27(20)47-30)38-32(42)26-15-22(19-39(26)2)37-31(41)8-6-12-46-29-17-25-24(16-28(29)45-3)34(44)40-11-5-7-23(40)18-36-25/h9-10,13-19,23H,4-8,11-12H2,1-3H3,(H,35,43)(H,37,41)(H,38,42)/t23-/m0/s1. The highest BCUT2D eigenvalue weighted by Crippen LogP contribution is 2.38. The first-order valence-electron chi connectivity index (χ1n) is 15.5. The number of aryl methyl sites for hydroxylation is 1. The van der Waals surface area contributed by atoms with Crippen molar-refractivity contribution in [2.45, 2.75) is 38.6 Å². The van der Waals surface area contributed by atoms with Crippen molar-refractivity contribution in [1.82, 2.24) is 14.8 Å². The third-order valence-electron chi connectivity index (χ3n) is 8.12. The molecule has 0 bridgehead atoms. The number of hydrogen-bond donors (Lipinski definition) is 3. The van der Waals surface area contributed by atoms with E-state index in [0.29, 0.717) is 70.3 Å². The van der Waals surface area contributed by atoms with Crippen LogP contribution < -0.4 is 25.4 Å². The molecule has 3 N–H and O–H groups in total. The summed E-state index contributed by atoms with van der Waals surface area (Å²) in [6.07, 6.45) is 5.94. The van der Waals surface area contributed by atoms with Crippen molar-refractivity contribution in [2.24, 2.45) is 12.0 Å². The molecule has 2 aliphatic heterocycles. The lowest BCUT2D eigenvalue weighted by Gasteiger charge is -2.20. The van der Waals surface area contributed by atoms with Crippen LogP contribution in [0, 0.1) is 0 Å². The molecule has 6 rings (SSSR count). The van der Waals surface area contributed by atoms with Crippen molar-refractivity contribution < 1.29 is 33.1 Å². The normalized spacial score (nSPS) is 15.2. The third-order valence-corrected chi connectivity index (χ3v) is 8.12. The van der Waals surface area contributed by atoms with Crippen LogP contribution in [0.2, 0.25) is 0 Å². The molecule has 4 amide bonds. The van der Waals surface area contributed by atoms with E-state index < -0.39 is 0 Å². The van der Waals surface area contributed by atoms with Gasteiger partial charge in [-0.1, -0.05) is 0 Å². The van der Waals surface area contributed by atoms with Crippen LogP contribution in [0.15, 0.2) is 58.1 Å². The molecule has 47 heavy (non-hydrogen) atoms. The van der Waals surface area contributed by atoms with Gasteiger partial charge in [-0.3, -0.25) is 24.2 Å². The van der Waals surface area contributed by atoms with Crippen LogP contribution in [0.25, 0.3) is 11.0 Å². The second-order valence-electron chi connectivity index (χ2n) is 11.4. The van der Waals surface area contributed by atoms with Crippen molar-refractivity contribution in [3.05, 3.63) is 65.7 Å². The highest BCUT2D eigenvalue weighted by atomic mass is 16.5. The Kier molecular flexibility index (Phi) is 8.96. The smallest absolute Gasteiger partial charge is 0.287 e. The number of fused-ring (bicyclic) bond motifs is 3. The van der Waals surface area contributed by atoms with Crippen LogP contribution in [0.1, 0.15) is 64.0 Å². The average Bonchev–Trinajstić information content (AvgIpc) is 3.78. The number of nitrogens with zero attached hydrogens (tertiary/aromatic N) is 3. The Balaban J connectivity index is 1.02. The first-order valence-corrected chi connectivity index (χ1v) is 15.5. The Morgan fingerprint density at radius 1 is 1.04 bits per heavy atom. The highest BCUT2D eigenvalue weighted by molar-refractivity contribution is 6.06. The molecule has 2 aromatic carbocycles. The van der Waals surface area contributed by atoms with Gasteiger partial charge in [-0.05, 0) is 62.6 Å². The zero-order chi connectivity index (χ0) is 33.1. The second kappa shape index (κ2) is 13.4. The summed E-state index contributed by atoms with van der Waals surface area (Å²) in [5, 5.41) is 9.06. The van der Waals surface area contributed by atoms with Crippen molar-refractivity contribution in [1.29, 1.82) is 0 Å². The average molecular weight is 641 g/mol. The van der Waals surface area contributed by atoms with Gasteiger partial charge in [0.25, 0.3) is 17.7 Å². The zero-order valence-electron chi connectivity index (χ0n) is 26.4. The first-order chi connectivity index (χ1) is 22.7. The van der Waals surface area contributed by atoms with Gasteiger partial charge in [-0.2, -0.15) is 0 Å². The van der Waals surface area contributed by atoms with Crippen molar-refractivity contribution in [3.63, 3.8) is 0 Å². The van der Waals surface area contributed by atoms with Crippen molar-refractivity contribution >= 4 is 57.9 Å². The molecule has 1 saturated heterocycles.